The Morgan fingerprint density at radius 3 is 2.40 bits per heavy atom. The first kappa shape index (κ1) is 12.0. The molecule has 0 spiro atoms. The van der Waals surface area contributed by atoms with Crippen LogP contribution in [0.1, 0.15) is 32.8 Å². The third-order valence-corrected chi connectivity index (χ3v) is 2.36. The van der Waals surface area contributed by atoms with Crippen molar-refractivity contribution < 1.29 is 5.11 Å². The number of hydrogen-bond acceptors (Lipinski definition) is 1. The van der Waals surface area contributed by atoms with Crippen LogP contribution >= 0.6 is 0 Å². The summed E-state index contributed by atoms with van der Waals surface area (Å²) in [7, 11) is 0. The predicted octanol–water partition coefficient (Wildman–Crippen LogP) is 3.34. The van der Waals surface area contributed by atoms with E-state index in [1.165, 1.54) is 5.56 Å². The lowest BCUT2D eigenvalue weighted by Gasteiger charge is -2.19. The zero-order chi connectivity index (χ0) is 11.3. The Morgan fingerprint density at radius 2 is 1.87 bits per heavy atom. The lowest BCUT2D eigenvalue weighted by atomic mass is 9.95. The molecule has 1 N–H and O–H groups in total. The van der Waals surface area contributed by atoms with E-state index in [1.807, 2.05) is 45.0 Å². The van der Waals surface area contributed by atoms with E-state index in [4.69, 9.17) is 0 Å². The van der Waals surface area contributed by atoms with Gasteiger partial charge in [0.05, 0.1) is 5.60 Å². The van der Waals surface area contributed by atoms with Crippen LogP contribution in [-0.2, 0) is 6.42 Å². The predicted molar refractivity (Wildman–Crippen MR) is 64.8 cm³/mol. The summed E-state index contributed by atoms with van der Waals surface area (Å²) in [5.74, 6) is 0. The second-order valence-electron chi connectivity index (χ2n) is 4.56. The zero-order valence-electron chi connectivity index (χ0n) is 9.83. The molecule has 0 aliphatic heterocycles. The number of aliphatic hydroxyl groups is 1. The van der Waals surface area contributed by atoms with E-state index in [0.717, 1.165) is 18.4 Å². The van der Waals surface area contributed by atoms with Crippen LogP contribution in [0.25, 0.3) is 0 Å². The van der Waals surface area contributed by atoms with Crippen molar-refractivity contribution in [2.45, 2.75) is 39.2 Å². The first-order chi connectivity index (χ1) is 6.99. The van der Waals surface area contributed by atoms with Crippen molar-refractivity contribution in [3.8, 4) is 0 Å². The average Bonchev–Trinajstić information content (AvgIpc) is 2.15. The van der Waals surface area contributed by atoms with Crippen LogP contribution < -0.4 is 0 Å². The molecule has 0 aromatic heterocycles. The highest BCUT2D eigenvalue weighted by Gasteiger charge is 2.16. The number of aryl methyl sites for hydroxylation is 1. The molecule has 1 aromatic rings. The van der Waals surface area contributed by atoms with Gasteiger partial charge in [0.25, 0.3) is 0 Å². The summed E-state index contributed by atoms with van der Waals surface area (Å²) in [6.07, 6.45) is 3.61. The molecule has 1 rings (SSSR count). The van der Waals surface area contributed by atoms with E-state index in [0.29, 0.717) is 0 Å². The molecule has 1 heteroatoms. The summed E-state index contributed by atoms with van der Waals surface area (Å²) >= 11 is 0. The number of rotatable bonds is 4. The molecule has 1 aromatic carbocycles. The Kier molecular flexibility index (Phi) is 4.10. The molecule has 82 valence electrons. The van der Waals surface area contributed by atoms with E-state index < -0.39 is 5.60 Å². The van der Waals surface area contributed by atoms with Crippen LogP contribution in [0.5, 0.6) is 0 Å². The third-order valence-electron chi connectivity index (χ3n) is 2.36. The average molecular weight is 204 g/mol. The van der Waals surface area contributed by atoms with E-state index in [-0.39, 0.29) is 0 Å². The van der Waals surface area contributed by atoms with Crippen molar-refractivity contribution in [2.75, 3.05) is 0 Å². The fourth-order valence-corrected chi connectivity index (χ4v) is 1.74. The molecule has 0 radical (unpaired) electrons. The molecular formula is C14H20O. The molecule has 0 saturated heterocycles. The van der Waals surface area contributed by atoms with E-state index >= 15 is 0 Å². The quantitative estimate of drug-likeness (QED) is 0.746. The fourth-order valence-electron chi connectivity index (χ4n) is 1.74. The zero-order valence-corrected chi connectivity index (χ0v) is 9.83. The number of allylic oxidation sites excluding steroid dienone is 1. The Bertz CT molecular complexity index is 318. The molecule has 1 atom stereocenters. The van der Waals surface area contributed by atoms with Gasteiger partial charge in [0.15, 0.2) is 0 Å². The fraction of sp³-hybridized carbons (Fsp3) is 0.429. The smallest absolute Gasteiger partial charge is 0.0805 e. The first-order valence-electron chi connectivity index (χ1n) is 5.42. The van der Waals surface area contributed by atoms with Crippen molar-refractivity contribution in [1.29, 1.82) is 0 Å². The van der Waals surface area contributed by atoms with Crippen molar-refractivity contribution >= 4 is 0 Å². The van der Waals surface area contributed by atoms with Crippen LogP contribution in [-0.4, -0.2) is 10.7 Å². The van der Waals surface area contributed by atoms with Gasteiger partial charge < -0.3 is 5.11 Å². The molecule has 0 fully saturated rings. The highest BCUT2D eigenvalue weighted by atomic mass is 16.3. The molecule has 0 aliphatic carbocycles. The van der Waals surface area contributed by atoms with Crippen molar-refractivity contribution in [1.82, 2.24) is 0 Å². The molecule has 1 nitrogen and oxygen atoms in total. The Labute approximate surface area is 92.5 Å². The maximum atomic E-state index is 10.1. The van der Waals surface area contributed by atoms with Gasteiger partial charge in [-0.25, -0.2) is 0 Å². The minimum atomic E-state index is -0.686. The highest BCUT2D eigenvalue weighted by molar-refractivity contribution is 5.16. The molecule has 0 bridgehead atoms. The number of benzene rings is 1. The number of hydrogen-bond donors (Lipinski definition) is 1. The summed E-state index contributed by atoms with van der Waals surface area (Å²) in [6.45, 7) is 5.89. The Hall–Kier alpha value is -1.08. The lowest BCUT2D eigenvalue weighted by Crippen LogP contribution is -2.22. The highest BCUT2D eigenvalue weighted by Crippen LogP contribution is 2.17. The van der Waals surface area contributed by atoms with Gasteiger partial charge in [-0.1, -0.05) is 42.0 Å². The lowest BCUT2D eigenvalue weighted by molar-refractivity contribution is 0.101. The minimum absolute atomic E-state index is 0.686. The molecule has 0 aliphatic rings. The standard InChI is InChI=1S/C14H20O/c1-12(2)11-14(3,15)10-9-13-7-5-4-6-8-13/h4-8,11,15H,9-10H2,1-3H3. The van der Waals surface area contributed by atoms with E-state index in [1.54, 1.807) is 0 Å². The van der Waals surface area contributed by atoms with Gasteiger partial charge in [0, 0.05) is 0 Å². The first-order valence-corrected chi connectivity index (χ1v) is 5.42. The normalized spacial score (nSPS) is 14.4. The maximum Gasteiger partial charge on any atom is 0.0805 e. The summed E-state index contributed by atoms with van der Waals surface area (Å²) in [4.78, 5) is 0. The van der Waals surface area contributed by atoms with Crippen LogP contribution in [0.2, 0.25) is 0 Å². The molecular weight excluding hydrogens is 184 g/mol. The van der Waals surface area contributed by atoms with Gasteiger partial charge >= 0.3 is 0 Å². The van der Waals surface area contributed by atoms with Gasteiger partial charge in [-0.05, 0) is 39.2 Å². The molecule has 1 unspecified atom stereocenters. The monoisotopic (exact) mass is 204 g/mol. The van der Waals surface area contributed by atoms with Crippen LogP contribution in [0, 0.1) is 0 Å². The van der Waals surface area contributed by atoms with Gasteiger partial charge in [-0.3, -0.25) is 0 Å². The third kappa shape index (κ3) is 4.80. The summed E-state index contributed by atoms with van der Waals surface area (Å²) in [5, 5.41) is 10.1. The summed E-state index contributed by atoms with van der Waals surface area (Å²) in [5.41, 5.74) is 1.75. The second-order valence-corrected chi connectivity index (χ2v) is 4.56. The molecule has 0 heterocycles. The van der Waals surface area contributed by atoms with Crippen molar-refractivity contribution in [3.05, 3.63) is 47.5 Å². The van der Waals surface area contributed by atoms with Crippen molar-refractivity contribution in [2.24, 2.45) is 0 Å². The van der Waals surface area contributed by atoms with E-state index in [2.05, 4.69) is 12.1 Å². The Balaban J connectivity index is 2.54. The minimum Gasteiger partial charge on any atom is -0.386 e. The largest absolute Gasteiger partial charge is 0.386 e. The van der Waals surface area contributed by atoms with Crippen molar-refractivity contribution in [3.63, 3.8) is 0 Å². The van der Waals surface area contributed by atoms with Crippen LogP contribution in [0.3, 0.4) is 0 Å². The second kappa shape index (κ2) is 5.13. The van der Waals surface area contributed by atoms with Gasteiger partial charge in [0.1, 0.15) is 0 Å². The topological polar surface area (TPSA) is 20.2 Å². The molecule has 15 heavy (non-hydrogen) atoms. The van der Waals surface area contributed by atoms with Crippen LogP contribution in [0.4, 0.5) is 0 Å². The Morgan fingerprint density at radius 1 is 1.27 bits per heavy atom. The SMILES string of the molecule is CC(C)=CC(C)(O)CCc1ccccc1. The summed E-state index contributed by atoms with van der Waals surface area (Å²) in [6, 6.07) is 10.3. The van der Waals surface area contributed by atoms with E-state index in [9.17, 15) is 5.11 Å². The molecule has 0 amide bonds. The summed E-state index contributed by atoms with van der Waals surface area (Å²) < 4.78 is 0. The van der Waals surface area contributed by atoms with Gasteiger partial charge in [0.2, 0.25) is 0 Å². The molecule has 0 saturated carbocycles. The maximum absolute atomic E-state index is 10.1. The van der Waals surface area contributed by atoms with Gasteiger partial charge in [-0.15, -0.1) is 0 Å². The van der Waals surface area contributed by atoms with Gasteiger partial charge in [-0.2, -0.15) is 0 Å². The van der Waals surface area contributed by atoms with Crippen LogP contribution in [0.15, 0.2) is 42.0 Å².